The average Bonchev–Trinajstić information content (AvgIpc) is 2.46. The predicted octanol–water partition coefficient (Wildman–Crippen LogP) is 2.11. The molecule has 3 rings (SSSR count). The lowest BCUT2D eigenvalue weighted by Gasteiger charge is -2.63. The molecule has 3 N–H and O–H groups in total. The van der Waals surface area contributed by atoms with Gasteiger partial charge in [-0.1, -0.05) is 13.8 Å². The second kappa shape index (κ2) is 3.25. The van der Waals surface area contributed by atoms with Crippen LogP contribution in [-0.4, -0.2) is 17.6 Å². The van der Waals surface area contributed by atoms with Crippen molar-refractivity contribution in [3.05, 3.63) is 0 Å². The highest BCUT2D eigenvalue weighted by Gasteiger charge is 2.71. The summed E-state index contributed by atoms with van der Waals surface area (Å²) in [4.78, 5) is 11.1. The Bertz CT molecular complexity index is 357. The lowest BCUT2D eigenvalue weighted by atomic mass is 9.41. The molecule has 5 unspecified atom stereocenters. The van der Waals surface area contributed by atoms with Gasteiger partial charge in [0.05, 0.1) is 6.42 Å². The zero-order valence-corrected chi connectivity index (χ0v) is 10.8. The zero-order chi connectivity index (χ0) is 12.4. The van der Waals surface area contributed by atoms with Crippen LogP contribution in [0.5, 0.6) is 0 Å². The molecule has 96 valence electrons. The van der Waals surface area contributed by atoms with Crippen LogP contribution in [0.3, 0.4) is 0 Å². The van der Waals surface area contributed by atoms with Gasteiger partial charge in [0, 0.05) is 0 Å². The highest BCUT2D eigenvalue weighted by molar-refractivity contribution is 5.68. The molecule has 3 heteroatoms. The van der Waals surface area contributed by atoms with Crippen molar-refractivity contribution in [3.8, 4) is 0 Å². The molecule has 2 bridgehead atoms. The van der Waals surface area contributed by atoms with Crippen LogP contribution >= 0.6 is 0 Å². The summed E-state index contributed by atoms with van der Waals surface area (Å²) in [6.45, 7) is 5.33. The van der Waals surface area contributed by atoms with Gasteiger partial charge >= 0.3 is 5.97 Å². The van der Waals surface area contributed by atoms with Crippen LogP contribution in [-0.2, 0) is 4.79 Å². The third-order valence-corrected chi connectivity index (χ3v) is 6.48. The van der Waals surface area contributed by atoms with E-state index in [2.05, 4.69) is 13.8 Å². The van der Waals surface area contributed by atoms with E-state index in [0.717, 1.165) is 11.8 Å². The summed E-state index contributed by atoms with van der Waals surface area (Å²) < 4.78 is 0. The predicted molar refractivity (Wildman–Crippen MR) is 65.3 cm³/mol. The molecule has 3 nitrogen and oxygen atoms in total. The molecule has 0 spiro atoms. The van der Waals surface area contributed by atoms with E-state index in [-0.39, 0.29) is 11.8 Å². The van der Waals surface area contributed by atoms with Gasteiger partial charge in [-0.15, -0.1) is 0 Å². The maximum absolute atomic E-state index is 11.1. The Balaban J connectivity index is 1.94. The van der Waals surface area contributed by atoms with Crippen LogP contribution in [0.25, 0.3) is 0 Å². The van der Waals surface area contributed by atoms with Crippen molar-refractivity contribution in [1.29, 1.82) is 0 Å². The number of nitrogens with two attached hydrogens (primary N) is 1. The zero-order valence-electron chi connectivity index (χ0n) is 10.8. The monoisotopic (exact) mass is 237 g/mol. The van der Waals surface area contributed by atoms with Crippen molar-refractivity contribution >= 4 is 5.97 Å². The molecule has 3 fully saturated rings. The first-order chi connectivity index (χ1) is 7.93. The maximum Gasteiger partial charge on any atom is 0.303 e. The quantitative estimate of drug-likeness (QED) is 0.790. The second-order valence-electron chi connectivity index (χ2n) is 7.08. The summed E-state index contributed by atoms with van der Waals surface area (Å²) in [5, 5.41) is 9.17. The first kappa shape index (κ1) is 11.5. The fourth-order valence-corrected chi connectivity index (χ4v) is 5.71. The number of fused-ring (bicyclic) bond motifs is 1. The van der Waals surface area contributed by atoms with Crippen LogP contribution in [0.1, 0.15) is 39.5 Å². The summed E-state index contributed by atoms with van der Waals surface area (Å²) in [6.07, 6.45) is 4.00. The molecule has 0 aromatic carbocycles. The molecule has 3 aliphatic rings. The summed E-state index contributed by atoms with van der Waals surface area (Å²) in [7, 11) is 0. The van der Waals surface area contributed by atoms with Crippen LogP contribution in [0.4, 0.5) is 0 Å². The minimum atomic E-state index is -0.665. The Morgan fingerprint density at radius 3 is 2.65 bits per heavy atom. The second-order valence-corrected chi connectivity index (χ2v) is 7.08. The number of carboxylic acid groups (broad SMARTS) is 1. The van der Waals surface area contributed by atoms with Crippen molar-refractivity contribution in [3.63, 3.8) is 0 Å². The number of rotatable bonds is 3. The summed E-state index contributed by atoms with van der Waals surface area (Å²) in [5.41, 5.74) is 6.33. The molecular formula is C14H23NO2. The highest BCUT2D eigenvalue weighted by Crippen LogP contribution is 2.76. The highest BCUT2D eigenvalue weighted by atomic mass is 16.4. The standard InChI is InChI=1S/C14H23NO2/c1-13(2)8-3-4-9-12(13)10(5-8)14(9,7-15)6-11(16)17/h8-10,12H,3-7,15H2,1-2H3,(H,16,17). The van der Waals surface area contributed by atoms with Gasteiger partial charge in [-0.25, -0.2) is 0 Å². The molecular weight excluding hydrogens is 214 g/mol. The third-order valence-electron chi connectivity index (χ3n) is 6.48. The number of aliphatic carboxylic acids is 1. The Hall–Kier alpha value is -0.570. The summed E-state index contributed by atoms with van der Waals surface area (Å²) in [6, 6.07) is 0. The lowest BCUT2D eigenvalue weighted by Crippen LogP contribution is -2.62. The van der Waals surface area contributed by atoms with E-state index in [1.54, 1.807) is 0 Å². The molecule has 3 saturated carbocycles. The van der Waals surface area contributed by atoms with E-state index in [1.807, 2.05) is 0 Å². The SMILES string of the molecule is CC1(C)C2CCC3C1C(C2)C3(CN)CC(=O)O. The molecule has 0 aliphatic heterocycles. The number of carboxylic acids is 1. The van der Waals surface area contributed by atoms with Gasteiger partial charge in [0.2, 0.25) is 0 Å². The van der Waals surface area contributed by atoms with Gasteiger partial charge in [-0.05, 0) is 60.3 Å². The Labute approximate surface area is 103 Å². The van der Waals surface area contributed by atoms with E-state index in [4.69, 9.17) is 10.8 Å². The maximum atomic E-state index is 11.1. The van der Waals surface area contributed by atoms with Crippen LogP contribution in [0.15, 0.2) is 0 Å². The lowest BCUT2D eigenvalue weighted by molar-refractivity contribution is -0.172. The van der Waals surface area contributed by atoms with E-state index in [9.17, 15) is 4.79 Å². The van der Waals surface area contributed by atoms with Crippen LogP contribution in [0, 0.1) is 34.5 Å². The number of hydrogen-bond acceptors (Lipinski definition) is 2. The van der Waals surface area contributed by atoms with Gasteiger partial charge in [-0.3, -0.25) is 4.79 Å². The number of carbonyl (C=O) groups is 1. The van der Waals surface area contributed by atoms with Crippen LogP contribution < -0.4 is 5.73 Å². The number of hydrogen-bond donors (Lipinski definition) is 2. The van der Waals surface area contributed by atoms with Gasteiger partial charge < -0.3 is 10.8 Å². The third kappa shape index (κ3) is 1.19. The van der Waals surface area contributed by atoms with Gasteiger partial charge in [0.15, 0.2) is 0 Å². The molecule has 17 heavy (non-hydrogen) atoms. The first-order valence-corrected chi connectivity index (χ1v) is 6.85. The molecule has 0 saturated heterocycles. The summed E-state index contributed by atoms with van der Waals surface area (Å²) >= 11 is 0. The Morgan fingerprint density at radius 2 is 2.06 bits per heavy atom. The summed E-state index contributed by atoms with van der Waals surface area (Å²) in [5.74, 6) is 2.03. The molecule has 0 heterocycles. The average molecular weight is 237 g/mol. The van der Waals surface area contributed by atoms with Crippen LogP contribution in [0.2, 0.25) is 0 Å². The van der Waals surface area contributed by atoms with Crippen molar-refractivity contribution in [2.24, 2.45) is 40.2 Å². The van der Waals surface area contributed by atoms with Gasteiger partial charge in [-0.2, -0.15) is 0 Å². The molecule has 3 aliphatic carbocycles. The fourth-order valence-electron chi connectivity index (χ4n) is 5.71. The Morgan fingerprint density at radius 1 is 1.35 bits per heavy atom. The van der Waals surface area contributed by atoms with Gasteiger partial charge in [0.1, 0.15) is 0 Å². The van der Waals surface area contributed by atoms with Crippen molar-refractivity contribution in [2.75, 3.05) is 6.54 Å². The molecule has 0 aromatic heterocycles. The Kier molecular flexibility index (Phi) is 2.20. The van der Waals surface area contributed by atoms with Crippen molar-refractivity contribution < 1.29 is 9.90 Å². The molecule has 5 atom stereocenters. The molecule has 0 radical (unpaired) electrons. The molecule has 0 aromatic rings. The van der Waals surface area contributed by atoms with E-state index in [1.165, 1.54) is 19.3 Å². The first-order valence-electron chi connectivity index (χ1n) is 6.85. The normalized spacial score (nSPS) is 49.8. The minimum Gasteiger partial charge on any atom is -0.481 e. The van der Waals surface area contributed by atoms with E-state index < -0.39 is 5.97 Å². The minimum absolute atomic E-state index is 0.0704. The van der Waals surface area contributed by atoms with E-state index >= 15 is 0 Å². The topological polar surface area (TPSA) is 63.3 Å². The fraction of sp³-hybridized carbons (Fsp3) is 0.929. The van der Waals surface area contributed by atoms with Crippen molar-refractivity contribution in [2.45, 2.75) is 39.5 Å². The van der Waals surface area contributed by atoms with Gasteiger partial charge in [0.25, 0.3) is 0 Å². The largest absolute Gasteiger partial charge is 0.481 e. The molecule has 0 amide bonds. The van der Waals surface area contributed by atoms with E-state index in [0.29, 0.717) is 23.8 Å². The van der Waals surface area contributed by atoms with Crippen molar-refractivity contribution in [1.82, 2.24) is 0 Å². The smallest absolute Gasteiger partial charge is 0.303 e.